The smallest absolute Gasteiger partial charge is 0.120 e. The molecule has 4 heteroatoms. The summed E-state index contributed by atoms with van der Waals surface area (Å²) < 4.78 is 12.0. The summed E-state index contributed by atoms with van der Waals surface area (Å²) in [5.41, 5.74) is 6.79. The molecule has 0 aliphatic rings. The summed E-state index contributed by atoms with van der Waals surface area (Å²) >= 11 is 3.51. The van der Waals surface area contributed by atoms with Gasteiger partial charge in [-0.05, 0) is 38.5 Å². The Morgan fingerprint density at radius 3 is 2.56 bits per heavy atom. The van der Waals surface area contributed by atoms with Gasteiger partial charge in [0.1, 0.15) is 5.75 Å². The first-order valence-corrected chi connectivity index (χ1v) is 6.88. The third kappa shape index (κ3) is 4.59. The first-order chi connectivity index (χ1) is 8.35. The third-order valence-corrected chi connectivity index (χ3v) is 3.67. The van der Waals surface area contributed by atoms with E-state index >= 15 is 0 Å². The third-order valence-electron chi connectivity index (χ3n) is 2.99. The number of nitrogens with two attached hydrogens (primary N) is 1. The summed E-state index contributed by atoms with van der Waals surface area (Å²) in [7, 11) is 1.72. The predicted molar refractivity (Wildman–Crippen MR) is 77.9 cm³/mol. The van der Waals surface area contributed by atoms with Gasteiger partial charge in [-0.25, -0.2) is 0 Å². The second kappa shape index (κ2) is 6.55. The van der Waals surface area contributed by atoms with E-state index in [4.69, 9.17) is 15.2 Å². The predicted octanol–water partition coefficient (Wildman–Crippen LogP) is 3.66. The highest BCUT2D eigenvalue weighted by atomic mass is 79.9. The van der Waals surface area contributed by atoms with Gasteiger partial charge < -0.3 is 15.2 Å². The van der Waals surface area contributed by atoms with E-state index in [1.807, 2.05) is 39.0 Å². The fourth-order valence-electron chi connectivity index (χ4n) is 1.48. The molecule has 0 saturated carbocycles. The van der Waals surface area contributed by atoms with Gasteiger partial charge in [-0.15, -0.1) is 0 Å². The van der Waals surface area contributed by atoms with E-state index < -0.39 is 0 Å². The number of rotatable bonds is 6. The minimum absolute atomic E-state index is 0.0147. The lowest BCUT2D eigenvalue weighted by atomic mass is 10.1. The van der Waals surface area contributed by atoms with Gasteiger partial charge in [-0.1, -0.05) is 22.0 Å². The maximum atomic E-state index is 5.85. The van der Waals surface area contributed by atoms with E-state index in [0.29, 0.717) is 6.61 Å². The maximum absolute atomic E-state index is 5.85. The summed E-state index contributed by atoms with van der Waals surface area (Å²) in [6, 6.07) is 5.91. The quantitative estimate of drug-likeness (QED) is 0.871. The molecule has 0 aliphatic carbocycles. The molecular weight excluding hydrogens is 294 g/mol. The summed E-state index contributed by atoms with van der Waals surface area (Å²) in [5, 5.41) is 0. The number of benzene rings is 1. The Labute approximate surface area is 118 Å². The monoisotopic (exact) mass is 315 g/mol. The molecular formula is C14H22BrNO2. The van der Waals surface area contributed by atoms with Crippen molar-refractivity contribution in [3.63, 3.8) is 0 Å². The zero-order chi connectivity index (χ0) is 13.8. The van der Waals surface area contributed by atoms with Crippen LogP contribution in [0.5, 0.6) is 5.75 Å². The lowest BCUT2D eigenvalue weighted by Gasteiger charge is -2.22. The van der Waals surface area contributed by atoms with Gasteiger partial charge in [0.05, 0.1) is 12.2 Å². The molecule has 0 saturated heterocycles. The van der Waals surface area contributed by atoms with Gasteiger partial charge in [0, 0.05) is 24.0 Å². The van der Waals surface area contributed by atoms with Crippen molar-refractivity contribution in [2.75, 3.05) is 13.7 Å². The number of ether oxygens (including phenoxy) is 2. The van der Waals surface area contributed by atoms with Gasteiger partial charge in [-0.3, -0.25) is 0 Å². The van der Waals surface area contributed by atoms with Crippen molar-refractivity contribution in [2.45, 2.75) is 38.8 Å². The van der Waals surface area contributed by atoms with Crippen LogP contribution in [-0.2, 0) is 4.74 Å². The van der Waals surface area contributed by atoms with E-state index in [9.17, 15) is 0 Å². The van der Waals surface area contributed by atoms with Crippen molar-refractivity contribution in [1.82, 2.24) is 0 Å². The number of methoxy groups -OCH3 is 1. The topological polar surface area (TPSA) is 44.5 Å². The molecule has 1 atom stereocenters. The Balaban J connectivity index is 2.57. The molecule has 2 N–H and O–H groups in total. The molecule has 0 fully saturated rings. The number of hydrogen-bond acceptors (Lipinski definition) is 3. The summed E-state index contributed by atoms with van der Waals surface area (Å²) in [4.78, 5) is 0. The van der Waals surface area contributed by atoms with E-state index in [0.717, 1.165) is 22.2 Å². The van der Waals surface area contributed by atoms with Crippen LogP contribution in [0.3, 0.4) is 0 Å². The van der Waals surface area contributed by atoms with E-state index in [-0.39, 0.29) is 11.6 Å². The average Bonchev–Trinajstić information content (AvgIpc) is 2.28. The Morgan fingerprint density at radius 2 is 2.06 bits per heavy atom. The standard InChI is InChI=1S/C14H22BrNO2/c1-10(16)12-6-5-11(9-13(12)15)18-8-7-14(2,3)17-4/h5-6,9-10H,7-8,16H2,1-4H3/t10-/m1/s1. The zero-order valence-electron chi connectivity index (χ0n) is 11.5. The Morgan fingerprint density at radius 1 is 1.39 bits per heavy atom. The van der Waals surface area contributed by atoms with Crippen LogP contribution in [0.4, 0.5) is 0 Å². The molecule has 0 aliphatic heterocycles. The van der Waals surface area contributed by atoms with Gasteiger partial charge in [-0.2, -0.15) is 0 Å². The minimum Gasteiger partial charge on any atom is -0.493 e. The molecule has 0 amide bonds. The Hall–Kier alpha value is -0.580. The highest BCUT2D eigenvalue weighted by molar-refractivity contribution is 9.10. The molecule has 18 heavy (non-hydrogen) atoms. The normalized spacial score (nSPS) is 13.4. The fourth-order valence-corrected chi connectivity index (χ4v) is 2.20. The molecule has 0 unspecified atom stereocenters. The van der Waals surface area contributed by atoms with Gasteiger partial charge in [0.15, 0.2) is 0 Å². The lowest BCUT2D eigenvalue weighted by Crippen LogP contribution is -2.25. The minimum atomic E-state index is -0.150. The zero-order valence-corrected chi connectivity index (χ0v) is 13.1. The van der Waals surface area contributed by atoms with Crippen LogP contribution < -0.4 is 10.5 Å². The SMILES string of the molecule is COC(C)(C)CCOc1ccc([C@@H](C)N)c(Br)c1. The average molecular weight is 316 g/mol. The highest BCUT2D eigenvalue weighted by Crippen LogP contribution is 2.27. The van der Waals surface area contributed by atoms with E-state index in [1.54, 1.807) is 7.11 Å². The van der Waals surface area contributed by atoms with E-state index in [2.05, 4.69) is 15.9 Å². The van der Waals surface area contributed by atoms with Crippen LogP contribution >= 0.6 is 15.9 Å². The highest BCUT2D eigenvalue weighted by Gasteiger charge is 2.16. The summed E-state index contributed by atoms with van der Waals surface area (Å²) in [6.45, 7) is 6.68. The molecule has 1 aromatic rings. The van der Waals surface area contributed by atoms with Crippen molar-refractivity contribution >= 4 is 15.9 Å². The van der Waals surface area contributed by atoms with E-state index in [1.165, 1.54) is 0 Å². The first-order valence-electron chi connectivity index (χ1n) is 6.09. The van der Waals surface area contributed by atoms with Crippen LogP contribution in [-0.4, -0.2) is 19.3 Å². The van der Waals surface area contributed by atoms with Crippen molar-refractivity contribution < 1.29 is 9.47 Å². The largest absolute Gasteiger partial charge is 0.493 e. The van der Waals surface area contributed by atoms with Crippen molar-refractivity contribution in [3.8, 4) is 5.75 Å². The Kier molecular flexibility index (Phi) is 5.63. The summed E-state index contributed by atoms with van der Waals surface area (Å²) in [5.74, 6) is 0.846. The molecule has 0 radical (unpaired) electrons. The summed E-state index contributed by atoms with van der Waals surface area (Å²) in [6.07, 6.45) is 0.843. The van der Waals surface area contributed by atoms with Crippen LogP contribution in [0.25, 0.3) is 0 Å². The molecule has 3 nitrogen and oxygen atoms in total. The van der Waals surface area contributed by atoms with Crippen molar-refractivity contribution in [3.05, 3.63) is 28.2 Å². The second-order valence-electron chi connectivity index (χ2n) is 5.03. The molecule has 0 aromatic heterocycles. The van der Waals surface area contributed by atoms with Crippen LogP contribution in [0.1, 0.15) is 38.8 Å². The number of hydrogen-bond donors (Lipinski definition) is 1. The number of halogens is 1. The molecule has 0 spiro atoms. The van der Waals surface area contributed by atoms with Gasteiger partial charge in [0.2, 0.25) is 0 Å². The fraction of sp³-hybridized carbons (Fsp3) is 0.571. The van der Waals surface area contributed by atoms with Crippen LogP contribution in [0.15, 0.2) is 22.7 Å². The van der Waals surface area contributed by atoms with Crippen molar-refractivity contribution in [1.29, 1.82) is 0 Å². The first kappa shape index (κ1) is 15.5. The van der Waals surface area contributed by atoms with Crippen LogP contribution in [0, 0.1) is 0 Å². The van der Waals surface area contributed by atoms with Crippen molar-refractivity contribution in [2.24, 2.45) is 5.73 Å². The Bertz CT molecular complexity index is 391. The lowest BCUT2D eigenvalue weighted by molar-refractivity contribution is 0.00545. The maximum Gasteiger partial charge on any atom is 0.120 e. The molecule has 1 rings (SSSR count). The molecule has 0 heterocycles. The van der Waals surface area contributed by atoms with Crippen LogP contribution in [0.2, 0.25) is 0 Å². The van der Waals surface area contributed by atoms with Gasteiger partial charge in [0.25, 0.3) is 0 Å². The molecule has 1 aromatic carbocycles. The molecule has 0 bridgehead atoms. The second-order valence-corrected chi connectivity index (χ2v) is 5.89. The van der Waals surface area contributed by atoms with Gasteiger partial charge >= 0.3 is 0 Å². The molecule has 102 valence electrons.